The van der Waals surface area contributed by atoms with E-state index in [1.165, 1.54) is 31.2 Å². The second kappa shape index (κ2) is 4.75. The monoisotopic (exact) mass is 332 g/mol. The summed E-state index contributed by atoms with van der Waals surface area (Å²) < 4.78 is 0. The second-order valence-electron chi connectivity index (χ2n) is 5.26. The van der Waals surface area contributed by atoms with E-state index < -0.39 is 0 Å². The van der Waals surface area contributed by atoms with Crippen LogP contribution in [-0.4, -0.2) is 0 Å². The van der Waals surface area contributed by atoms with E-state index in [9.17, 15) is 0 Å². The zero-order valence-corrected chi connectivity index (χ0v) is 12.6. The Hall–Kier alpha value is 0.280. The van der Waals surface area contributed by atoms with E-state index in [4.69, 9.17) is 23.2 Å². The summed E-state index contributed by atoms with van der Waals surface area (Å²) in [5, 5.41) is 1.61. The third kappa shape index (κ3) is 2.27. The van der Waals surface area contributed by atoms with Crippen molar-refractivity contribution in [1.29, 1.82) is 0 Å². The summed E-state index contributed by atoms with van der Waals surface area (Å²) in [4.78, 5) is 0.377. The summed E-state index contributed by atoms with van der Waals surface area (Å²) >= 11 is 16.2. The second-order valence-corrected chi connectivity index (χ2v) is 7.09. The molecule has 0 N–H and O–H groups in total. The minimum Gasteiger partial charge on any atom is -0.0843 e. The highest BCUT2D eigenvalue weighted by Gasteiger charge is 2.53. The lowest BCUT2D eigenvalue weighted by Crippen LogP contribution is -1.96. The Morgan fingerprint density at radius 2 is 1.76 bits per heavy atom. The summed E-state index contributed by atoms with van der Waals surface area (Å²) in [6, 6.07) is 5.76. The number of hydrogen-bond donors (Lipinski definition) is 0. The van der Waals surface area contributed by atoms with Crippen LogP contribution in [0.1, 0.15) is 36.1 Å². The topological polar surface area (TPSA) is 0 Å². The average molecular weight is 334 g/mol. The van der Waals surface area contributed by atoms with Gasteiger partial charge in [-0.25, -0.2) is 0 Å². The van der Waals surface area contributed by atoms with Crippen molar-refractivity contribution >= 4 is 39.1 Å². The summed E-state index contributed by atoms with van der Waals surface area (Å²) in [5.74, 6) is 2.61. The highest BCUT2D eigenvalue weighted by Crippen LogP contribution is 2.63. The Morgan fingerprint density at radius 3 is 2.41 bits per heavy atom. The molecular formula is C14H15BrCl2. The van der Waals surface area contributed by atoms with Crippen LogP contribution in [0.25, 0.3) is 0 Å². The Labute approximate surface area is 121 Å². The van der Waals surface area contributed by atoms with Gasteiger partial charge in [-0.2, -0.15) is 0 Å². The SMILES string of the molecule is Clc1ccc(Cl)c(C(Br)C2C3CCCCC32)c1. The van der Waals surface area contributed by atoms with Crippen molar-refractivity contribution in [2.45, 2.75) is 30.5 Å². The first-order valence-corrected chi connectivity index (χ1v) is 7.94. The molecule has 3 rings (SSSR count). The van der Waals surface area contributed by atoms with Crippen molar-refractivity contribution in [3.63, 3.8) is 0 Å². The lowest BCUT2D eigenvalue weighted by molar-refractivity contribution is 0.480. The molecule has 3 atom stereocenters. The molecule has 0 spiro atoms. The Balaban J connectivity index is 1.82. The number of halogens is 3. The van der Waals surface area contributed by atoms with Crippen LogP contribution < -0.4 is 0 Å². The van der Waals surface area contributed by atoms with Crippen LogP contribution in [0.5, 0.6) is 0 Å². The molecule has 2 aliphatic rings. The van der Waals surface area contributed by atoms with Gasteiger partial charge in [0.25, 0.3) is 0 Å². The number of rotatable bonds is 2. The smallest absolute Gasteiger partial charge is 0.0450 e. The van der Waals surface area contributed by atoms with Crippen molar-refractivity contribution in [3.8, 4) is 0 Å². The molecule has 3 unspecified atom stereocenters. The van der Waals surface area contributed by atoms with Gasteiger partial charge in [0.15, 0.2) is 0 Å². The lowest BCUT2D eigenvalue weighted by Gasteiger charge is -2.12. The van der Waals surface area contributed by atoms with E-state index in [2.05, 4.69) is 15.9 Å². The van der Waals surface area contributed by atoms with E-state index in [1.807, 2.05) is 18.2 Å². The molecule has 1 aromatic carbocycles. The lowest BCUT2D eigenvalue weighted by atomic mass is 10.0. The van der Waals surface area contributed by atoms with E-state index in [-0.39, 0.29) is 0 Å². The van der Waals surface area contributed by atoms with Crippen LogP contribution in [0, 0.1) is 17.8 Å². The predicted octanol–water partition coefficient (Wildman–Crippen LogP) is 5.87. The highest BCUT2D eigenvalue weighted by molar-refractivity contribution is 9.09. The minimum absolute atomic E-state index is 0.377. The van der Waals surface area contributed by atoms with Gasteiger partial charge in [0.1, 0.15) is 0 Å². The maximum Gasteiger partial charge on any atom is 0.0450 e. The van der Waals surface area contributed by atoms with Gasteiger partial charge in [-0.05, 0) is 54.4 Å². The standard InChI is InChI=1S/C14H15BrCl2/c15-14(11-7-8(16)5-6-12(11)17)13-9-3-1-2-4-10(9)13/h5-7,9-10,13-14H,1-4H2. The number of benzene rings is 1. The fourth-order valence-electron chi connectivity index (χ4n) is 3.42. The van der Waals surface area contributed by atoms with Gasteiger partial charge in [0.05, 0.1) is 0 Å². The molecule has 1 aromatic rings. The van der Waals surface area contributed by atoms with Crippen LogP contribution in [0.2, 0.25) is 10.0 Å². The molecule has 17 heavy (non-hydrogen) atoms. The van der Waals surface area contributed by atoms with Gasteiger partial charge in [-0.3, -0.25) is 0 Å². The van der Waals surface area contributed by atoms with E-state index in [0.717, 1.165) is 27.8 Å². The van der Waals surface area contributed by atoms with Crippen molar-refractivity contribution < 1.29 is 0 Å². The van der Waals surface area contributed by atoms with Gasteiger partial charge in [-0.15, -0.1) is 0 Å². The molecule has 2 aliphatic carbocycles. The number of fused-ring (bicyclic) bond motifs is 1. The molecule has 92 valence electrons. The molecule has 2 fully saturated rings. The molecule has 2 saturated carbocycles. The molecule has 0 radical (unpaired) electrons. The first-order valence-electron chi connectivity index (χ1n) is 6.27. The van der Waals surface area contributed by atoms with Gasteiger partial charge < -0.3 is 0 Å². The molecule has 0 heterocycles. The maximum absolute atomic E-state index is 6.27. The van der Waals surface area contributed by atoms with Gasteiger partial charge >= 0.3 is 0 Å². The van der Waals surface area contributed by atoms with E-state index in [1.54, 1.807) is 0 Å². The Kier molecular flexibility index (Phi) is 3.44. The third-order valence-corrected chi connectivity index (χ3v) is 6.00. The van der Waals surface area contributed by atoms with Crippen LogP contribution in [0.15, 0.2) is 18.2 Å². The molecular weight excluding hydrogens is 319 g/mol. The summed E-state index contributed by atoms with van der Waals surface area (Å²) in [5.41, 5.74) is 1.17. The molecule has 3 heteroatoms. The van der Waals surface area contributed by atoms with E-state index in [0.29, 0.717) is 4.83 Å². The van der Waals surface area contributed by atoms with E-state index >= 15 is 0 Å². The van der Waals surface area contributed by atoms with Crippen LogP contribution >= 0.6 is 39.1 Å². The summed E-state index contributed by atoms with van der Waals surface area (Å²) in [6.45, 7) is 0. The Morgan fingerprint density at radius 1 is 1.12 bits per heavy atom. The fraction of sp³-hybridized carbons (Fsp3) is 0.571. The molecule has 0 saturated heterocycles. The van der Waals surface area contributed by atoms with Crippen molar-refractivity contribution in [1.82, 2.24) is 0 Å². The first kappa shape index (κ1) is 12.3. The van der Waals surface area contributed by atoms with Gasteiger partial charge in [-0.1, -0.05) is 52.0 Å². The number of hydrogen-bond acceptors (Lipinski definition) is 0. The molecule has 0 bridgehead atoms. The predicted molar refractivity (Wildman–Crippen MR) is 77.1 cm³/mol. The van der Waals surface area contributed by atoms with Crippen molar-refractivity contribution in [3.05, 3.63) is 33.8 Å². The van der Waals surface area contributed by atoms with Crippen LogP contribution in [0.4, 0.5) is 0 Å². The van der Waals surface area contributed by atoms with Crippen LogP contribution in [-0.2, 0) is 0 Å². The van der Waals surface area contributed by atoms with Crippen LogP contribution in [0.3, 0.4) is 0 Å². The maximum atomic E-state index is 6.27. The summed E-state index contributed by atoms with van der Waals surface area (Å²) in [7, 11) is 0. The highest BCUT2D eigenvalue weighted by atomic mass is 79.9. The normalized spacial score (nSPS) is 33.0. The summed E-state index contributed by atoms with van der Waals surface area (Å²) in [6.07, 6.45) is 5.60. The average Bonchev–Trinajstić information content (AvgIpc) is 3.05. The van der Waals surface area contributed by atoms with Crippen molar-refractivity contribution in [2.75, 3.05) is 0 Å². The van der Waals surface area contributed by atoms with Gasteiger partial charge in [0.2, 0.25) is 0 Å². The van der Waals surface area contributed by atoms with Gasteiger partial charge in [0, 0.05) is 14.9 Å². The zero-order chi connectivity index (χ0) is 12.0. The molecule has 0 aromatic heterocycles. The quantitative estimate of drug-likeness (QED) is 0.594. The molecule has 0 nitrogen and oxygen atoms in total. The fourth-order valence-corrected chi connectivity index (χ4v) is 5.13. The minimum atomic E-state index is 0.377. The van der Waals surface area contributed by atoms with Crippen molar-refractivity contribution in [2.24, 2.45) is 17.8 Å². The molecule has 0 amide bonds. The third-order valence-electron chi connectivity index (χ3n) is 4.32. The Bertz CT molecular complexity index is 420. The zero-order valence-electron chi connectivity index (χ0n) is 9.50. The molecule has 0 aliphatic heterocycles. The first-order chi connectivity index (χ1) is 8.18. The number of alkyl halides is 1. The largest absolute Gasteiger partial charge is 0.0843 e.